The molecule has 0 bridgehead atoms. The standard InChI is InChI=1S/C20H24N2O5S/c1-3-26-18-9-4-5-10-19(18)27-20(23)16-7-6-8-17(15-16)28(24,25)22-13-11-21(2)12-14-22/h4-10,15H,3,11-14H2,1-2H3. The van der Waals surface area contributed by atoms with Gasteiger partial charge in [-0.1, -0.05) is 18.2 Å². The van der Waals surface area contributed by atoms with Crippen LogP contribution < -0.4 is 9.47 Å². The molecule has 1 heterocycles. The molecular weight excluding hydrogens is 380 g/mol. The van der Waals surface area contributed by atoms with Gasteiger partial charge >= 0.3 is 5.97 Å². The predicted octanol–water partition coefficient (Wildman–Crippen LogP) is 2.24. The van der Waals surface area contributed by atoms with Crippen LogP contribution >= 0.6 is 0 Å². The highest BCUT2D eigenvalue weighted by atomic mass is 32.2. The number of hydrogen-bond acceptors (Lipinski definition) is 6. The van der Waals surface area contributed by atoms with E-state index in [1.165, 1.54) is 22.5 Å². The van der Waals surface area contributed by atoms with Crippen LogP contribution in [0.5, 0.6) is 11.5 Å². The summed E-state index contributed by atoms with van der Waals surface area (Å²) >= 11 is 0. The summed E-state index contributed by atoms with van der Waals surface area (Å²) in [7, 11) is -1.70. The van der Waals surface area contributed by atoms with Gasteiger partial charge in [0, 0.05) is 26.2 Å². The first kappa shape index (κ1) is 20.3. The van der Waals surface area contributed by atoms with E-state index in [1.807, 2.05) is 14.0 Å². The van der Waals surface area contributed by atoms with Crippen molar-refractivity contribution < 1.29 is 22.7 Å². The van der Waals surface area contributed by atoms with Crippen LogP contribution in [0, 0.1) is 0 Å². The van der Waals surface area contributed by atoms with Gasteiger partial charge in [-0.05, 0) is 44.3 Å². The normalized spacial score (nSPS) is 15.9. The molecule has 1 saturated heterocycles. The van der Waals surface area contributed by atoms with Crippen LogP contribution in [-0.2, 0) is 10.0 Å². The molecule has 1 aliphatic heterocycles. The van der Waals surface area contributed by atoms with Crippen LogP contribution in [0.15, 0.2) is 53.4 Å². The van der Waals surface area contributed by atoms with Gasteiger partial charge in [0.1, 0.15) is 0 Å². The van der Waals surface area contributed by atoms with Crippen molar-refractivity contribution in [3.63, 3.8) is 0 Å². The van der Waals surface area contributed by atoms with Crippen molar-refractivity contribution in [2.75, 3.05) is 39.8 Å². The van der Waals surface area contributed by atoms with Gasteiger partial charge in [-0.3, -0.25) is 0 Å². The van der Waals surface area contributed by atoms with E-state index in [-0.39, 0.29) is 10.5 Å². The summed E-state index contributed by atoms with van der Waals surface area (Å²) in [5, 5.41) is 0. The van der Waals surface area contributed by atoms with Crippen LogP contribution in [0.25, 0.3) is 0 Å². The molecule has 0 aromatic heterocycles. The average Bonchev–Trinajstić information content (AvgIpc) is 2.70. The molecule has 0 amide bonds. The molecular formula is C20H24N2O5S. The minimum atomic E-state index is -3.66. The van der Waals surface area contributed by atoms with Gasteiger partial charge in [-0.2, -0.15) is 4.31 Å². The third kappa shape index (κ3) is 4.52. The summed E-state index contributed by atoms with van der Waals surface area (Å²) in [6.45, 7) is 4.48. The van der Waals surface area contributed by atoms with E-state index < -0.39 is 16.0 Å². The van der Waals surface area contributed by atoms with E-state index in [4.69, 9.17) is 9.47 Å². The lowest BCUT2D eigenvalue weighted by Gasteiger charge is -2.31. The minimum Gasteiger partial charge on any atom is -0.490 e. The Hall–Kier alpha value is -2.42. The number of hydrogen-bond donors (Lipinski definition) is 0. The maximum Gasteiger partial charge on any atom is 0.343 e. The minimum absolute atomic E-state index is 0.0876. The summed E-state index contributed by atoms with van der Waals surface area (Å²) in [6.07, 6.45) is 0. The Morgan fingerprint density at radius 2 is 1.68 bits per heavy atom. The molecule has 0 saturated carbocycles. The number of sulfonamides is 1. The molecule has 0 atom stereocenters. The van der Waals surface area contributed by atoms with Gasteiger partial charge in [0.15, 0.2) is 11.5 Å². The number of piperazine rings is 1. The number of esters is 1. The fraction of sp³-hybridized carbons (Fsp3) is 0.350. The fourth-order valence-corrected chi connectivity index (χ4v) is 4.40. The van der Waals surface area contributed by atoms with Gasteiger partial charge < -0.3 is 14.4 Å². The van der Waals surface area contributed by atoms with Crippen molar-refractivity contribution >= 4 is 16.0 Å². The maximum atomic E-state index is 12.9. The van der Waals surface area contributed by atoms with Crippen LogP contribution in [-0.4, -0.2) is 63.4 Å². The molecule has 150 valence electrons. The smallest absolute Gasteiger partial charge is 0.343 e. The Balaban J connectivity index is 1.80. The lowest BCUT2D eigenvalue weighted by atomic mass is 10.2. The molecule has 8 heteroatoms. The molecule has 28 heavy (non-hydrogen) atoms. The molecule has 0 N–H and O–H groups in total. The number of benzene rings is 2. The Morgan fingerprint density at radius 1 is 1.00 bits per heavy atom. The van der Waals surface area contributed by atoms with Crippen LogP contribution in [0.2, 0.25) is 0 Å². The average molecular weight is 404 g/mol. The molecule has 0 aliphatic carbocycles. The fourth-order valence-electron chi connectivity index (χ4n) is 2.93. The van der Waals surface area contributed by atoms with Gasteiger partial charge in [0.05, 0.1) is 17.1 Å². The second-order valence-electron chi connectivity index (χ2n) is 6.50. The molecule has 1 aliphatic rings. The van der Waals surface area contributed by atoms with Crippen LogP contribution in [0.1, 0.15) is 17.3 Å². The molecule has 0 spiro atoms. The van der Waals surface area contributed by atoms with Gasteiger partial charge in [0.25, 0.3) is 0 Å². The highest BCUT2D eigenvalue weighted by Crippen LogP contribution is 2.27. The monoisotopic (exact) mass is 404 g/mol. The third-order valence-electron chi connectivity index (χ3n) is 4.52. The summed E-state index contributed by atoms with van der Waals surface area (Å²) in [6, 6.07) is 12.8. The number of carbonyl (C=O) groups is 1. The zero-order valence-corrected chi connectivity index (χ0v) is 16.8. The predicted molar refractivity (Wildman–Crippen MR) is 105 cm³/mol. The van der Waals surface area contributed by atoms with Crippen molar-refractivity contribution in [1.29, 1.82) is 0 Å². The van der Waals surface area contributed by atoms with E-state index in [0.717, 1.165) is 0 Å². The molecule has 7 nitrogen and oxygen atoms in total. The molecule has 2 aromatic rings. The second-order valence-corrected chi connectivity index (χ2v) is 8.44. The van der Waals surface area contributed by atoms with Crippen molar-refractivity contribution in [2.24, 2.45) is 0 Å². The molecule has 2 aromatic carbocycles. The van der Waals surface area contributed by atoms with Crippen molar-refractivity contribution in [1.82, 2.24) is 9.21 Å². The molecule has 0 radical (unpaired) electrons. The lowest BCUT2D eigenvalue weighted by molar-refractivity contribution is 0.0728. The largest absolute Gasteiger partial charge is 0.490 e. The first-order valence-corrected chi connectivity index (χ1v) is 10.6. The number of nitrogens with zero attached hydrogens (tertiary/aromatic N) is 2. The summed E-state index contributed by atoms with van der Waals surface area (Å²) in [4.78, 5) is 14.7. The molecule has 0 unspecified atom stereocenters. The van der Waals surface area contributed by atoms with Crippen LogP contribution in [0.4, 0.5) is 0 Å². The summed E-state index contributed by atoms with van der Waals surface area (Å²) in [5.74, 6) is 0.115. The highest BCUT2D eigenvalue weighted by molar-refractivity contribution is 7.89. The number of ether oxygens (including phenoxy) is 2. The maximum absolute atomic E-state index is 12.9. The Morgan fingerprint density at radius 3 is 2.36 bits per heavy atom. The first-order chi connectivity index (χ1) is 13.4. The Labute approximate surface area is 165 Å². The Kier molecular flexibility index (Phi) is 6.33. The number of likely N-dealkylation sites (N-methyl/N-ethyl adjacent to an activating group) is 1. The summed E-state index contributed by atoms with van der Waals surface area (Å²) < 4.78 is 38.1. The van der Waals surface area contributed by atoms with E-state index in [9.17, 15) is 13.2 Å². The van der Waals surface area contributed by atoms with Crippen LogP contribution in [0.3, 0.4) is 0 Å². The van der Waals surface area contributed by atoms with E-state index >= 15 is 0 Å². The van der Waals surface area contributed by atoms with Gasteiger partial charge in [-0.25, -0.2) is 13.2 Å². The number of para-hydroxylation sites is 2. The highest BCUT2D eigenvalue weighted by Gasteiger charge is 2.28. The number of carbonyl (C=O) groups excluding carboxylic acids is 1. The third-order valence-corrected chi connectivity index (χ3v) is 6.42. The van der Waals surface area contributed by atoms with E-state index in [2.05, 4.69) is 4.90 Å². The topological polar surface area (TPSA) is 76.1 Å². The van der Waals surface area contributed by atoms with Gasteiger partial charge in [-0.15, -0.1) is 0 Å². The van der Waals surface area contributed by atoms with Gasteiger partial charge in [0.2, 0.25) is 10.0 Å². The van der Waals surface area contributed by atoms with Crippen molar-refractivity contribution in [3.8, 4) is 11.5 Å². The number of rotatable bonds is 6. The first-order valence-electron chi connectivity index (χ1n) is 9.14. The van der Waals surface area contributed by atoms with E-state index in [1.54, 1.807) is 30.3 Å². The summed E-state index contributed by atoms with van der Waals surface area (Å²) in [5.41, 5.74) is 0.168. The zero-order chi connectivity index (χ0) is 20.1. The van der Waals surface area contributed by atoms with Crippen molar-refractivity contribution in [3.05, 3.63) is 54.1 Å². The Bertz CT molecular complexity index is 937. The molecule has 1 fully saturated rings. The zero-order valence-electron chi connectivity index (χ0n) is 16.0. The SMILES string of the molecule is CCOc1ccccc1OC(=O)c1cccc(S(=O)(=O)N2CCN(C)CC2)c1. The quantitative estimate of drug-likeness (QED) is 0.543. The molecule has 3 rings (SSSR count). The van der Waals surface area contributed by atoms with E-state index in [0.29, 0.717) is 44.3 Å². The lowest BCUT2D eigenvalue weighted by Crippen LogP contribution is -2.47. The second kappa shape index (κ2) is 8.72. The van der Waals surface area contributed by atoms with Crippen molar-refractivity contribution in [2.45, 2.75) is 11.8 Å².